The van der Waals surface area contributed by atoms with Crippen LogP contribution in [0.5, 0.6) is 0 Å². The van der Waals surface area contributed by atoms with Crippen LogP contribution in [-0.2, 0) is 11.3 Å². The van der Waals surface area contributed by atoms with E-state index in [1.165, 1.54) is 4.88 Å². The van der Waals surface area contributed by atoms with Crippen molar-refractivity contribution >= 4 is 38.9 Å². The Balaban J connectivity index is 1.85. The number of rotatable bonds is 5. The normalized spacial score (nSPS) is 26.1. The fourth-order valence-corrected chi connectivity index (χ4v) is 4.16. The first kappa shape index (κ1) is 14.8. The first-order valence-corrected chi connectivity index (χ1v) is 8.22. The Morgan fingerprint density at radius 3 is 2.83 bits per heavy atom. The van der Waals surface area contributed by atoms with Crippen molar-refractivity contribution in [1.82, 2.24) is 5.32 Å². The summed E-state index contributed by atoms with van der Waals surface area (Å²) in [6.45, 7) is 8.27. The van der Waals surface area contributed by atoms with Crippen molar-refractivity contribution < 1.29 is 4.74 Å². The number of hydrogen-bond acceptors (Lipinski definition) is 3. The van der Waals surface area contributed by atoms with Crippen LogP contribution in [0.4, 0.5) is 0 Å². The molecule has 2 nitrogen and oxygen atoms in total. The molecule has 102 valence electrons. The van der Waals surface area contributed by atoms with E-state index >= 15 is 0 Å². The van der Waals surface area contributed by atoms with Crippen LogP contribution in [-0.4, -0.2) is 18.8 Å². The molecule has 5 heteroatoms. The predicted molar refractivity (Wildman–Crippen MR) is 81.5 cm³/mol. The van der Waals surface area contributed by atoms with Crippen LogP contribution >= 0.6 is 38.9 Å². The summed E-state index contributed by atoms with van der Waals surface area (Å²) in [6.07, 6.45) is 1.49. The number of nitrogens with one attached hydrogen (secondary N) is 1. The monoisotopic (exact) mass is 351 g/mol. The zero-order valence-corrected chi connectivity index (χ0v) is 14.1. The van der Waals surface area contributed by atoms with Crippen molar-refractivity contribution in [3.63, 3.8) is 0 Å². The Kier molecular flexibility index (Phi) is 4.76. The molecule has 18 heavy (non-hydrogen) atoms. The van der Waals surface area contributed by atoms with Gasteiger partial charge < -0.3 is 10.1 Å². The van der Waals surface area contributed by atoms with Crippen LogP contribution < -0.4 is 5.32 Å². The van der Waals surface area contributed by atoms with Gasteiger partial charge in [0.05, 0.1) is 6.10 Å². The lowest BCUT2D eigenvalue weighted by molar-refractivity contribution is -0.114. The van der Waals surface area contributed by atoms with Gasteiger partial charge in [-0.15, -0.1) is 11.3 Å². The van der Waals surface area contributed by atoms with Gasteiger partial charge in [-0.2, -0.15) is 0 Å². The van der Waals surface area contributed by atoms with Gasteiger partial charge in [0, 0.05) is 34.0 Å². The number of hydrogen-bond donors (Lipinski definition) is 1. The molecule has 0 bridgehead atoms. The summed E-state index contributed by atoms with van der Waals surface area (Å²) in [5.74, 6) is 0. The first-order valence-electron chi connectivity index (χ1n) is 6.23. The molecule has 1 aromatic heterocycles. The molecular formula is C13H19BrClNOS. The molecule has 2 unspecified atom stereocenters. The Labute approximate surface area is 126 Å². The minimum Gasteiger partial charge on any atom is -0.378 e. The van der Waals surface area contributed by atoms with Crippen molar-refractivity contribution in [2.75, 3.05) is 6.61 Å². The van der Waals surface area contributed by atoms with E-state index in [4.69, 9.17) is 16.3 Å². The van der Waals surface area contributed by atoms with Crippen molar-refractivity contribution in [2.24, 2.45) is 5.41 Å². The molecule has 0 radical (unpaired) electrons. The zero-order valence-electron chi connectivity index (χ0n) is 10.9. The van der Waals surface area contributed by atoms with Crippen molar-refractivity contribution in [3.05, 3.63) is 19.8 Å². The summed E-state index contributed by atoms with van der Waals surface area (Å²) in [7, 11) is 0. The van der Waals surface area contributed by atoms with E-state index in [2.05, 4.69) is 48.1 Å². The molecular weight excluding hydrogens is 334 g/mol. The molecule has 0 aliphatic heterocycles. The van der Waals surface area contributed by atoms with E-state index in [9.17, 15) is 0 Å². The molecule has 1 N–H and O–H groups in total. The van der Waals surface area contributed by atoms with Crippen LogP contribution in [0.1, 0.15) is 32.1 Å². The second kappa shape index (κ2) is 5.80. The second-order valence-electron chi connectivity index (χ2n) is 5.27. The van der Waals surface area contributed by atoms with Gasteiger partial charge in [-0.1, -0.05) is 25.4 Å². The summed E-state index contributed by atoms with van der Waals surface area (Å²) in [5.41, 5.74) is 0.217. The molecule has 1 fully saturated rings. The van der Waals surface area contributed by atoms with Crippen molar-refractivity contribution in [2.45, 2.75) is 45.9 Å². The van der Waals surface area contributed by atoms with E-state index in [1.807, 2.05) is 0 Å². The van der Waals surface area contributed by atoms with Crippen LogP contribution in [0, 0.1) is 5.41 Å². The Hall–Kier alpha value is 0.390. The molecule has 2 rings (SSSR count). The number of thiophene rings is 1. The highest BCUT2D eigenvalue weighted by atomic mass is 79.9. The molecule has 1 heterocycles. The standard InChI is InChI=1S/C13H19BrClNOS/c1-4-17-11-6-10(13(11,2)3)16-7-8-5-9(14)12(15)18-8/h5,10-11,16H,4,6-7H2,1-3H3. The summed E-state index contributed by atoms with van der Waals surface area (Å²) >= 11 is 11.1. The minimum atomic E-state index is 0.217. The highest BCUT2D eigenvalue weighted by Gasteiger charge is 2.48. The van der Waals surface area contributed by atoms with Crippen molar-refractivity contribution in [1.29, 1.82) is 0 Å². The van der Waals surface area contributed by atoms with E-state index in [0.29, 0.717) is 12.1 Å². The van der Waals surface area contributed by atoms with E-state index in [-0.39, 0.29) is 5.41 Å². The number of halogens is 2. The maximum Gasteiger partial charge on any atom is 0.107 e. The molecule has 2 atom stereocenters. The zero-order chi connectivity index (χ0) is 13.3. The van der Waals surface area contributed by atoms with Gasteiger partial charge in [0.15, 0.2) is 0 Å². The van der Waals surface area contributed by atoms with E-state index in [1.54, 1.807) is 11.3 Å². The molecule has 1 aliphatic rings. The molecule has 1 aromatic rings. The topological polar surface area (TPSA) is 21.3 Å². The fourth-order valence-electron chi connectivity index (χ4n) is 2.42. The van der Waals surface area contributed by atoms with E-state index < -0.39 is 0 Å². The molecule has 1 saturated carbocycles. The molecule has 0 saturated heterocycles. The Morgan fingerprint density at radius 2 is 2.33 bits per heavy atom. The second-order valence-corrected chi connectivity index (χ2v) is 7.86. The molecule has 0 aromatic carbocycles. The van der Waals surface area contributed by atoms with Crippen LogP contribution in [0.25, 0.3) is 0 Å². The highest BCUT2D eigenvalue weighted by Crippen LogP contribution is 2.43. The maximum atomic E-state index is 6.04. The van der Waals surface area contributed by atoms with Gasteiger partial charge in [0.1, 0.15) is 4.34 Å². The highest BCUT2D eigenvalue weighted by molar-refractivity contribution is 9.10. The summed E-state index contributed by atoms with van der Waals surface area (Å²) in [4.78, 5) is 1.27. The smallest absolute Gasteiger partial charge is 0.107 e. The third-order valence-corrected chi connectivity index (χ3v) is 6.24. The third-order valence-electron chi connectivity index (χ3n) is 3.76. The van der Waals surface area contributed by atoms with Gasteiger partial charge in [-0.25, -0.2) is 0 Å². The fraction of sp³-hybridized carbons (Fsp3) is 0.692. The van der Waals surface area contributed by atoms with Gasteiger partial charge >= 0.3 is 0 Å². The van der Waals surface area contributed by atoms with Crippen molar-refractivity contribution in [3.8, 4) is 0 Å². The summed E-state index contributed by atoms with van der Waals surface area (Å²) in [5, 5.41) is 3.61. The Bertz CT molecular complexity index is 402. The van der Waals surface area contributed by atoms with Crippen LogP contribution in [0.3, 0.4) is 0 Å². The lowest BCUT2D eigenvalue weighted by atomic mass is 9.64. The largest absolute Gasteiger partial charge is 0.378 e. The van der Waals surface area contributed by atoms with Gasteiger partial charge in [0.2, 0.25) is 0 Å². The average Bonchev–Trinajstić information content (AvgIpc) is 2.62. The number of ether oxygens (including phenoxy) is 1. The summed E-state index contributed by atoms with van der Waals surface area (Å²) < 4.78 is 7.55. The van der Waals surface area contributed by atoms with Crippen LogP contribution in [0.15, 0.2) is 10.5 Å². The first-order chi connectivity index (χ1) is 8.45. The van der Waals surface area contributed by atoms with Gasteiger partial charge in [0.25, 0.3) is 0 Å². The molecule has 1 aliphatic carbocycles. The Morgan fingerprint density at radius 1 is 1.61 bits per heavy atom. The van der Waals surface area contributed by atoms with Crippen LogP contribution in [0.2, 0.25) is 4.34 Å². The van der Waals surface area contributed by atoms with Gasteiger partial charge in [-0.3, -0.25) is 0 Å². The predicted octanol–water partition coefficient (Wildman–Crippen LogP) is 4.46. The van der Waals surface area contributed by atoms with Gasteiger partial charge in [-0.05, 0) is 35.3 Å². The van der Waals surface area contributed by atoms with E-state index in [0.717, 1.165) is 28.4 Å². The average molecular weight is 353 g/mol. The lowest BCUT2D eigenvalue weighted by Gasteiger charge is -2.51. The SMILES string of the molecule is CCOC1CC(NCc2cc(Br)c(Cl)s2)C1(C)C. The lowest BCUT2D eigenvalue weighted by Crippen LogP contribution is -2.60. The third kappa shape index (κ3) is 2.93. The maximum absolute atomic E-state index is 6.04. The quantitative estimate of drug-likeness (QED) is 0.845. The molecule has 0 amide bonds. The summed E-state index contributed by atoms with van der Waals surface area (Å²) in [6, 6.07) is 2.61. The minimum absolute atomic E-state index is 0.217. The molecule has 0 spiro atoms.